The van der Waals surface area contributed by atoms with Crippen molar-refractivity contribution in [3.8, 4) is 11.1 Å². The molecule has 2 aromatic rings. The zero-order valence-electron chi connectivity index (χ0n) is 12.4. The average Bonchev–Trinajstić information content (AvgIpc) is 2.80. The van der Waals surface area contributed by atoms with E-state index in [4.69, 9.17) is 5.73 Å². The number of anilines is 2. The minimum atomic E-state index is 0.423. The molecule has 1 aromatic carbocycles. The second-order valence-electron chi connectivity index (χ2n) is 5.43. The molecule has 1 heterocycles. The number of hydrogen-bond donors (Lipinski definition) is 2. The van der Waals surface area contributed by atoms with E-state index < -0.39 is 0 Å². The molecule has 2 atom stereocenters. The summed E-state index contributed by atoms with van der Waals surface area (Å²) in [4.78, 5) is 0. The standard InChI is InChI=1S/C16H23N3S/c1-4-11(2)10-12(3)18-16-14(15(17)19-20-16)13-8-6-5-7-9-13/h5-9,11-12,18H,4,10H2,1-3H3,(H2,17,19). The molecular weight excluding hydrogens is 266 g/mol. The van der Waals surface area contributed by atoms with Crippen molar-refractivity contribution in [3.63, 3.8) is 0 Å². The highest BCUT2D eigenvalue weighted by atomic mass is 32.1. The van der Waals surface area contributed by atoms with Gasteiger partial charge < -0.3 is 11.1 Å². The van der Waals surface area contributed by atoms with Gasteiger partial charge in [-0.15, -0.1) is 0 Å². The number of nitrogens with zero attached hydrogens (tertiary/aromatic N) is 1. The lowest BCUT2D eigenvalue weighted by molar-refractivity contribution is 0.484. The Labute approximate surface area is 125 Å². The van der Waals surface area contributed by atoms with Gasteiger partial charge >= 0.3 is 0 Å². The van der Waals surface area contributed by atoms with Crippen LogP contribution in [0.3, 0.4) is 0 Å². The summed E-state index contributed by atoms with van der Waals surface area (Å²) in [5.74, 6) is 1.34. The van der Waals surface area contributed by atoms with Crippen molar-refractivity contribution < 1.29 is 0 Å². The Morgan fingerprint density at radius 3 is 2.60 bits per heavy atom. The topological polar surface area (TPSA) is 50.9 Å². The van der Waals surface area contributed by atoms with Gasteiger partial charge in [0.2, 0.25) is 0 Å². The minimum Gasteiger partial charge on any atom is -0.382 e. The molecule has 0 saturated heterocycles. The Hall–Kier alpha value is -1.55. The quantitative estimate of drug-likeness (QED) is 0.815. The average molecular weight is 289 g/mol. The zero-order chi connectivity index (χ0) is 14.5. The maximum atomic E-state index is 6.04. The molecule has 0 aliphatic carbocycles. The molecule has 0 fully saturated rings. The first-order chi connectivity index (χ1) is 9.61. The highest BCUT2D eigenvalue weighted by Crippen LogP contribution is 2.37. The first kappa shape index (κ1) is 14.9. The fourth-order valence-corrected chi connectivity index (χ4v) is 3.19. The Bertz CT molecular complexity index is 536. The van der Waals surface area contributed by atoms with Crippen LogP contribution >= 0.6 is 11.5 Å². The van der Waals surface area contributed by atoms with Gasteiger partial charge in [-0.1, -0.05) is 50.6 Å². The third-order valence-electron chi connectivity index (χ3n) is 3.61. The van der Waals surface area contributed by atoms with Crippen molar-refractivity contribution >= 4 is 22.4 Å². The fraction of sp³-hybridized carbons (Fsp3) is 0.438. The van der Waals surface area contributed by atoms with Gasteiger partial charge in [-0.05, 0) is 36.4 Å². The third kappa shape index (κ3) is 3.51. The van der Waals surface area contributed by atoms with Crippen LogP contribution in [0.15, 0.2) is 30.3 Å². The van der Waals surface area contributed by atoms with E-state index in [-0.39, 0.29) is 0 Å². The second-order valence-corrected chi connectivity index (χ2v) is 6.21. The first-order valence-corrected chi connectivity index (χ1v) is 7.96. The molecule has 2 rings (SSSR count). The largest absolute Gasteiger partial charge is 0.382 e. The lowest BCUT2D eigenvalue weighted by Gasteiger charge is -2.18. The second kappa shape index (κ2) is 6.75. The molecule has 0 aliphatic heterocycles. The van der Waals surface area contributed by atoms with E-state index in [9.17, 15) is 0 Å². The third-order valence-corrected chi connectivity index (χ3v) is 4.40. The predicted octanol–water partition coefficient (Wildman–Crippen LogP) is 4.63. The van der Waals surface area contributed by atoms with Crippen LogP contribution < -0.4 is 11.1 Å². The molecule has 1 aromatic heterocycles. The SMILES string of the molecule is CCC(C)CC(C)Nc1snc(N)c1-c1ccccc1. The molecule has 20 heavy (non-hydrogen) atoms. The summed E-state index contributed by atoms with van der Waals surface area (Å²) in [6, 6.07) is 10.6. The van der Waals surface area contributed by atoms with Gasteiger partial charge in [0.25, 0.3) is 0 Å². The van der Waals surface area contributed by atoms with Gasteiger partial charge in [-0.2, -0.15) is 4.37 Å². The maximum Gasteiger partial charge on any atom is 0.147 e. The maximum absolute atomic E-state index is 6.04. The van der Waals surface area contributed by atoms with Gasteiger partial charge in [0.1, 0.15) is 10.8 Å². The molecule has 2 unspecified atom stereocenters. The molecule has 3 nitrogen and oxygen atoms in total. The lowest BCUT2D eigenvalue weighted by Crippen LogP contribution is -2.17. The summed E-state index contributed by atoms with van der Waals surface area (Å²) in [6.07, 6.45) is 2.37. The molecule has 3 N–H and O–H groups in total. The van der Waals surface area contributed by atoms with Crippen molar-refractivity contribution in [2.45, 2.75) is 39.7 Å². The van der Waals surface area contributed by atoms with Gasteiger partial charge in [0.05, 0.1) is 5.56 Å². The van der Waals surface area contributed by atoms with Crippen LogP contribution in [0.2, 0.25) is 0 Å². The van der Waals surface area contributed by atoms with Crippen LogP contribution in [0.4, 0.5) is 10.8 Å². The molecule has 0 saturated carbocycles. The lowest BCUT2D eigenvalue weighted by atomic mass is 10.0. The molecule has 0 bridgehead atoms. The van der Waals surface area contributed by atoms with E-state index in [0.29, 0.717) is 11.9 Å². The minimum absolute atomic E-state index is 0.423. The molecule has 0 aliphatic rings. The summed E-state index contributed by atoms with van der Waals surface area (Å²) in [7, 11) is 0. The summed E-state index contributed by atoms with van der Waals surface area (Å²) in [5, 5.41) is 4.64. The smallest absolute Gasteiger partial charge is 0.147 e. The van der Waals surface area contributed by atoms with Crippen LogP contribution in [0.1, 0.15) is 33.6 Å². The fourth-order valence-electron chi connectivity index (χ4n) is 2.34. The van der Waals surface area contributed by atoms with E-state index in [0.717, 1.165) is 28.5 Å². The molecular formula is C16H23N3S. The molecule has 0 amide bonds. The highest BCUT2D eigenvalue weighted by molar-refractivity contribution is 7.11. The van der Waals surface area contributed by atoms with Gasteiger partial charge in [-0.25, -0.2) is 0 Å². The van der Waals surface area contributed by atoms with Crippen molar-refractivity contribution in [2.24, 2.45) is 5.92 Å². The van der Waals surface area contributed by atoms with Gasteiger partial charge in [-0.3, -0.25) is 0 Å². The Balaban J connectivity index is 2.18. The predicted molar refractivity (Wildman–Crippen MR) is 89.1 cm³/mol. The number of hydrogen-bond acceptors (Lipinski definition) is 4. The molecule has 4 heteroatoms. The zero-order valence-corrected chi connectivity index (χ0v) is 13.2. The van der Waals surface area contributed by atoms with Crippen molar-refractivity contribution in [3.05, 3.63) is 30.3 Å². The summed E-state index contributed by atoms with van der Waals surface area (Å²) < 4.78 is 4.30. The Kier molecular flexibility index (Phi) is 5.01. The van der Waals surface area contributed by atoms with Crippen molar-refractivity contribution in [1.82, 2.24) is 4.37 Å². The molecule has 0 spiro atoms. The number of nitrogens with two attached hydrogens (primary N) is 1. The van der Waals surface area contributed by atoms with Gasteiger partial charge in [0.15, 0.2) is 0 Å². The van der Waals surface area contributed by atoms with Gasteiger partial charge in [0, 0.05) is 6.04 Å². The van der Waals surface area contributed by atoms with Crippen molar-refractivity contribution in [1.29, 1.82) is 0 Å². The van der Waals surface area contributed by atoms with Crippen LogP contribution in [-0.4, -0.2) is 10.4 Å². The number of rotatable bonds is 6. The van der Waals surface area contributed by atoms with Crippen LogP contribution in [0.25, 0.3) is 11.1 Å². The summed E-state index contributed by atoms with van der Waals surface area (Å²) in [5.41, 5.74) is 8.19. The first-order valence-electron chi connectivity index (χ1n) is 7.18. The number of aromatic nitrogens is 1. The molecule has 108 valence electrons. The van der Waals surface area contributed by atoms with Crippen LogP contribution in [0, 0.1) is 5.92 Å². The molecule has 0 radical (unpaired) electrons. The van der Waals surface area contributed by atoms with E-state index in [2.05, 4.69) is 42.6 Å². The van der Waals surface area contributed by atoms with E-state index >= 15 is 0 Å². The summed E-state index contributed by atoms with van der Waals surface area (Å²) >= 11 is 1.45. The van der Waals surface area contributed by atoms with Crippen LogP contribution in [-0.2, 0) is 0 Å². The number of benzene rings is 1. The summed E-state index contributed by atoms with van der Waals surface area (Å²) in [6.45, 7) is 6.74. The number of nitrogens with one attached hydrogen (secondary N) is 1. The Morgan fingerprint density at radius 2 is 1.95 bits per heavy atom. The van der Waals surface area contributed by atoms with E-state index in [1.54, 1.807) is 0 Å². The normalized spacial score (nSPS) is 13.9. The Morgan fingerprint density at radius 1 is 1.25 bits per heavy atom. The van der Waals surface area contributed by atoms with Crippen LogP contribution in [0.5, 0.6) is 0 Å². The number of nitrogen functional groups attached to an aromatic ring is 1. The highest BCUT2D eigenvalue weighted by Gasteiger charge is 2.16. The monoisotopic (exact) mass is 289 g/mol. The van der Waals surface area contributed by atoms with E-state index in [1.165, 1.54) is 18.0 Å². The van der Waals surface area contributed by atoms with E-state index in [1.807, 2.05) is 18.2 Å². The van der Waals surface area contributed by atoms with Crippen molar-refractivity contribution in [2.75, 3.05) is 11.1 Å².